The summed E-state index contributed by atoms with van der Waals surface area (Å²) in [6.45, 7) is 1.62. The first-order valence-corrected chi connectivity index (χ1v) is 3.91. The van der Waals surface area contributed by atoms with Crippen LogP contribution < -0.4 is 5.32 Å². The molecule has 0 aromatic carbocycles. The predicted octanol–water partition coefficient (Wildman–Crippen LogP) is -0.413. The average molecular weight is 181 g/mol. The molecule has 1 aromatic heterocycles. The molecule has 1 amide bonds. The number of aromatic nitrogens is 2. The minimum absolute atomic E-state index is 0.0865. The Labute approximate surface area is 75.8 Å². The standard InChI is InChI=1S/C8H11N3O2/c1-6(4-12)11-8(13)7-2-3-9-5-10-7/h2-3,5-6,12H,4H2,1H3,(H,11,13). The highest BCUT2D eigenvalue weighted by molar-refractivity contribution is 5.92. The summed E-state index contributed by atoms with van der Waals surface area (Å²) in [6, 6.07) is 1.25. The van der Waals surface area contributed by atoms with Crippen molar-refractivity contribution in [1.29, 1.82) is 0 Å². The van der Waals surface area contributed by atoms with Crippen molar-refractivity contribution < 1.29 is 9.90 Å². The van der Waals surface area contributed by atoms with Crippen molar-refractivity contribution in [2.24, 2.45) is 0 Å². The van der Waals surface area contributed by atoms with Crippen molar-refractivity contribution in [2.45, 2.75) is 13.0 Å². The first kappa shape index (κ1) is 9.60. The zero-order valence-electron chi connectivity index (χ0n) is 7.27. The SMILES string of the molecule is CC(CO)NC(=O)c1ccncn1. The number of nitrogens with zero attached hydrogens (tertiary/aromatic N) is 2. The van der Waals surface area contributed by atoms with Gasteiger partial charge in [0.1, 0.15) is 12.0 Å². The van der Waals surface area contributed by atoms with Crippen LogP contribution in [0.3, 0.4) is 0 Å². The van der Waals surface area contributed by atoms with E-state index in [0.717, 1.165) is 0 Å². The second kappa shape index (κ2) is 4.51. The molecule has 0 saturated carbocycles. The van der Waals surface area contributed by atoms with Gasteiger partial charge in [0.25, 0.3) is 5.91 Å². The fourth-order valence-electron chi connectivity index (χ4n) is 0.768. The fraction of sp³-hybridized carbons (Fsp3) is 0.375. The van der Waals surface area contributed by atoms with E-state index in [-0.39, 0.29) is 18.6 Å². The molecule has 5 heteroatoms. The third-order valence-electron chi connectivity index (χ3n) is 1.47. The van der Waals surface area contributed by atoms with E-state index in [4.69, 9.17) is 5.11 Å². The molecule has 0 saturated heterocycles. The van der Waals surface area contributed by atoms with E-state index in [0.29, 0.717) is 5.69 Å². The number of nitrogens with one attached hydrogen (secondary N) is 1. The monoisotopic (exact) mass is 181 g/mol. The Balaban J connectivity index is 2.59. The van der Waals surface area contributed by atoms with E-state index in [1.54, 1.807) is 6.92 Å². The number of aliphatic hydroxyl groups excluding tert-OH is 1. The molecule has 0 spiro atoms. The van der Waals surface area contributed by atoms with Crippen molar-refractivity contribution in [3.63, 3.8) is 0 Å². The molecule has 1 rings (SSSR count). The Morgan fingerprint density at radius 1 is 1.77 bits per heavy atom. The zero-order chi connectivity index (χ0) is 9.68. The summed E-state index contributed by atoms with van der Waals surface area (Å²) in [4.78, 5) is 18.7. The molecule has 70 valence electrons. The Morgan fingerprint density at radius 3 is 3.08 bits per heavy atom. The van der Waals surface area contributed by atoms with Gasteiger partial charge in [-0.05, 0) is 13.0 Å². The van der Waals surface area contributed by atoms with Crippen LogP contribution in [0, 0.1) is 0 Å². The fourth-order valence-corrected chi connectivity index (χ4v) is 0.768. The smallest absolute Gasteiger partial charge is 0.270 e. The molecule has 0 bridgehead atoms. The van der Waals surface area contributed by atoms with Crippen molar-refractivity contribution in [2.75, 3.05) is 6.61 Å². The molecule has 0 aliphatic rings. The maximum Gasteiger partial charge on any atom is 0.270 e. The molecular formula is C8H11N3O2. The number of carbonyl (C=O) groups is 1. The zero-order valence-corrected chi connectivity index (χ0v) is 7.27. The maximum absolute atomic E-state index is 11.3. The third kappa shape index (κ3) is 2.79. The van der Waals surface area contributed by atoms with Crippen molar-refractivity contribution >= 4 is 5.91 Å². The molecule has 1 aromatic rings. The Bertz CT molecular complexity index is 276. The lowest BCUT2D eigenvalue weighted by Gasteiger charge is -2.09. The van der Waals surface area contributed by atoms with Crippen LogP contribution in [-0.2, 0) is 0 Å². The van der Waals surface area contributed by atoms with Gasteiger partial charge < -0.3 is 10.4 Å². The maximum atomic E-state index is 11.3. The largest absolute Gasteiger partial charge is 0.394 e. The Morgan fingerprint density at radius 2 is 2.54 bits per heavy atom. The van der Waals surface area contributed by atoms with E-state index < -0.39 is 0 Å². The van der Waals surface area contributed by atoms with Crippen molar-refractivity contribution in [1.82, 2.24) is 15.3 Å². The van der Waals surface area contributed by atoms with Crippen LogP contribution in [0.2, 0.25) is 0 Å². The van der Waals surface area contributed by atoms with Crippen LogP contribution in [0.5, 0.6) is 0 Å². The van der Waals surface area contributed by atoms with Gasteiger partial charge in [0, 0.05) is 12.2 Å². The Kier molecular flexibility index (Phi) is 3.33. The highest BCUT2D eigenvalue weighted by atomic mass is 16.3. The first-order chi connectivity index (χ1) is 6.24. The molecule has 0 radical (unpaired) electrons. The summed E-state index contributed by atoms with van der Waals surface area (Å²) in [7, 11) is 0. The van der Waals surface area contributed by atoms with Gasteiger partial charge >= 0.3 is 0 Å². The number of carbonyl (C=O) groups excluding carboxylic acids is 1. The number of aliphatic hydroxyl groups is 1. The molecule has 1 atom stereocenters. The molecule has 13 heavy (non-hydrogen) atoms. The molecule has 0 fully saturated rings. The number of amides is 1. The van der Waals surface area contributed by atoms with Crippen LogP contribution in [0.25, 0.3) is 0 Å². The molecule has 2 N–H and O–H groups in total. The molecule has 0 aliphatic carbocycles. The summed E-state index contributed by atoms with van der Waals surface area (Å²) in [5, 5.41) is 11.2. The molecular weight excluding hydrogens is 170 g/mol. The third-order valence-corrected chi connectivity index (χ3v) is 1.47. The lowest BCUT2D eigenvalue weighted by Crippen LogP contribution is -2.35. The van der Waals surface area contributed by atoms with Crippen molar-refractivity contribution in [3.8, 4) is 0 Å². The lowest BCUT2D eigenvalue weighted by atomic mass is 10.3. The van der Waals surface area contributed by atoms with Gasteiger partial charge in [-0.2, -0.15) is 0 Å². The summed E-state index contributed by atoms with van der Waals surface area (Å²) in [6.07, 6.45) is 2.80. The van der Waals surface area contributed by atoms with E-state index in [9.17, 15) is 4.79 Å². The van der Waals surface area contributed by atoms with Crippen LogP contribution >= 0.6 is 0 Å². The topological polar surface area (TPSA) is 75.1 Å². The predicted molar refractivity (Wildman–Crippen MR) is 46.0 cm³/mol. The average Bonchev–Trinajstić information content (AvgIpc) is 2.19. The van der Waals surface area contributed by atoms with Gasteiger partial charge in [-0.25, -0.2) is 9.97 Å². The Hall–Kier alpha value is -1.49. The van der Waals surface area contributed by atoms with Crippen LogP contribution in [-0.4, -0.2) is 33.6 Å². The van der Waals surface area contributed by atoms with Gasteiger partial charge in [0.2, 0.25) is 0 Å². The van der Waals surface area contributed by atoms with Gasteiger partial charge in [-0.1, -0.05) is 0 Å². The van der Waals surface area contributed by atoms with Crippen LogP contribution in [0.4, 0.5) is 0 Å². The van der Waals surface area contributed by atoms with E-state index in [1.165, 1.54) is 18.6 Å². The van der Waals surface area contributed by atoms with E-state index >= 15 is 0 Å². The number of hydrogen-bond donors (Lipinski definition) is 2. The molecule has 1 unspecified atom stereocenters. The second-order valence-corrected chi connectivity index (χ2v) is 2.65. The van der Waals surface area contributed by atoms with Crippen molar-refractivity contribution in [3.05, 3.63) is 24.3 Å². The molecule has 0 aliphatic heterocycles. The normalized spacial score (nSPS) is 12.2. The minimum atomic E-state index is -0.302. The van der Waals surface area contributed by atoms with Gasteiger partial charge in [-0.15, -0.1) is 0 Å². The highest BCUT2D eigenvalue weighted by Crippen LogP contribution is 1.91. The summed E-state index contributed by atoms with van der Waals surface area (Å²) in [5.74, 6) is -0.302. The summed E-state index contributed by atoms with van der Waals surface area (Å²) in [5.41, 5.74) is 0.301. The van der Waals surface area contributed by atoms with E-state index in [2.05, 4.69) is 15.3 Å². The number of rotatable bonds is 3. The van der Waals surface area contributed by atoms with Gasteiger partial charge in [0.15, 0.2) is 0 Å². The number of hydrogen-bond acceptors (Lipinski definition) is 4. The summed E-state index contributed by atoms with van der Waals surface area (Å²) >= 11 is 0. The van der Waals surface area contributed by atoms with Gasteiger partial charge in [0.05, 0.1) is 6.61 Å². The van der Waals surface area contributed by atoms with E-state index in [1.807, 2.05) is 0 Å². The quantitative estimate of drug-likeness (QED) is 0.664. The highest BCUT2D eigenvalue weighted by Gasteiger charge is 2.08. The van der Waals surface area contributed by atoms with Crippen LogP contribution in [0.15, 0.2) is 18.6 Å². The van der Waals surface area contributed by atoms with Gasteiger partial charge in [-0.3, -0.25) is 4.79 Å². The summed E-state index contributed by atoms with van der Waals surface area (Å²) < 4.78 is 0. The molecule has 1 heterocycles. The molecule has 5 nitrogen and oxygen atoms in total. The minimum Gasteiger partial charge on any atom is -0.394 e. The first-order valence-electron chi connectivity index (χ1n) is 3.91. The second-order valence-electron chi connectivity index (χ2n) is 2.65. The van der Waals surface area contributed by atoms with Crippen LogP contribution in [0.1, 0.15) is 17.4 Å². The lowest BCUT2D eigenvalue weighted by molar-refractivity contribution is 0.0917.